The van der Waals surface area contributed by atoms with Crippen LogP contribution in [0.15, 0.2) is 73.1 Å². The second kappa shape index (κ2) is 13.2. The van der Waals surface area contributed by atoms with Crippen LogP contribution in [-0.2, 0) is 0 Å². The zero-order chi connectivity index (χ0) is 28.8. The van der Waals surface area contributed by atoms with Crippen LogP contribution in [-0.4, -0.2) is 90.1 Å². The number of aromatic nitrogens is 3. The number of anilines is 2. The van der Waals surface area contributed by atoms with Crippen molar-refractivity contribution in [2.75, 3.05) is 58.0 Å². The molecule has 1 saturated heterocycles. The molecular formula is C31H37ClN8O. The molecule has 0 radical (unpaired) electrons. The summed E-state index contributed by atoms with van der Waals surface area (Å²) in [6.07, 6.45) is 8.54. The van der Waals surface area contributed by atoms with Crippen molar-refractivity contribution in [3.63, 3.8) is 0 Å². The van der Waals surface area contributed by atoms with E-state index in [1.807, 2.05) is 68.8 Å². The Morgan fingerprint density at radius 2 is 1.90 bits per heavy atom. The minimum absolute atomic E-state index is 0.0150. The molecule has 1 aliphatic rings. The number of hydrogen-bond acceptors (Lipinski definition) is 7. The summed E-state index contributed by atoms with van der Waals surface area (Å²) in [5.74, 6) is 0.436. The standard InChI is InChI=1S/C31H37ClN8O/c1-39(2)15-7-6-14-33-22-12-10-21(11-13-22)30(41)36-23-16-24(20-40(3)19-23)37-31-35-18-27(32)29(38-31)26-17-34-28-9-5-4-8-25(26)28/h4-13,17-18,23-24,33-34H,14-16,19-20H2,1-3H3,(H,36,41)(H,35,37,38)/b7-6+/t23-,24+/m1/s1. The number of rotatable bonds is 10. The highest BCUT2D eigenvalue weighted by Crippen LogP contribution is 2.32. The van der Waals surface area contributed by atoms with E-state index in [0.29, 0.717) is 22.2 Å². The van der Waals surface area contributed by atoms with Gasteiger partial charge in [0.1, 0.15) is 0 Å². The summed E-state index contributed by atoms with van der Waals surface area (Å²) in [7, 11) is 6.14. The molecule has 1 amide bonds. The summed E-state index contributed by atoms with van der Waals surface area (Å²) in [5, 5.41) is 11.6. The van der Waals surface area contributed by atoms with Gasteiger partial charge >= 0.3 is 0 Å². The molecule has 1 aliphatic heterocycles. The van der Waals surface area contributed by atoms with E-state index in [-0.39, 0.29) is 18.0 Å². The molecule has 3 heterocycles. The van der Waals surface area contributed by atoms with Crippen LogP contribution in [0.2, 0.25) is 5.02 Å². The molecular weight excluding hydrogens is 536 g/mol. The lowest BCUT2D eigenvalue weighted by Crippen LogP contribution is -2.53. The number of nitrogens with zero attached hydrogens (tertiary/aromatic N) is 4. The van der Waals surface area contributed by atoms with Crippen LogP contribution in [0.4, 0.5) is 11.6 Å². The normalized spacial score (nSPS) is 17.8. The van der Waals surface area contributed by atoms with E-state index in [9.17, 15) is 4.79 Å². The van der Waals surface area contributed by atoms with E-state index < -0.39 is 0 Å². The molecule has 2 atom stereocenters. The zero-order valence-corrected chi connectivity index (χ0v) is 24.4. The highest BCUT2D eigenvalue weighted by atomic mass is 35.5. The molecule has 0 saturated carbocycles. The molecule has 4 aromatic rings. The van der Waals surface area contributed by atoms with Gasteiger partial charge in [0, 0.05) is 72.2 Å². The topological polar surface area (TPSA) is 101 Å². The number of aromatic amines is 1. The third-order valence-electron chi connectivity index (χ3n) is 7.10. The number of nitrogens with one attached hydrogen (secondary N) is 4. The van der Waals surface area contributed by atoms with Crippen molar-refractivity contribution >= 4 is 40.0 Å². The number of halogens is 1. The molecule has 10 heteroatoms. The number of piperidine rings is 1. The van der Waals surface area contributed by atoms with Gasteiger partial charge in [-0.3, -0.25) is 4.79 Å². The van der Waals surface area contributed by atoms with Crippen molar-refractivity contribution in [3.05, 3.63) is 83.7 Å². The quantitative estimate of drug-likeness (QED) is 0.204. The Labute approximate surface area is 246 Å². The van der Waals surface area contributed by atoms with E-state index >= 15 is 0 Å². The number of carbonyl (C=O) groups is 1. The molecule has 41 heavy (non-hydrogen) atoms. The molecule has 0 aliphatic carbocycles. The number of hydrogen-bond donors (Lipinski definition) is 4. The Bertz CT molecular complexity index is 1500. The lowest BCUT2D eigenvalue weighted by atomic mass is 10.0. The van der Waals surface area contributed by atoms with Crippen LogP contribution < -0.4 is 16.0 Å². The maximum Gasteiger partial charge on any atom is 0.251 e. The predicted molar refractivity (Wildman–Crippen MR) is 168 cm³/mol. The average Bonchev–Trinajstić information content (AvgIpc) is 3.38. The summed E-state index contributed by atoms with van der Waals surface area (Å²) in [6.45, 7) is 3.23. The number of likely N-dealkylation sites (N-methyl/N-ethyl adjacent to an activating group) is 2. The molecule has 0 spiro atoms. The summed E-state index contributed by atoms with van der Waals surface area (Å²) in [6, 6.07) is 15.7. The van der Waals surface area contributed by atoms with Gasteiger partial charge in [-0.1, -0.05) is 42.0 Å². The van der Waals surface area contributed by atoms with Gasteiger partial charge in [0.05, 0.1) is 16.9 Å². The first-order chi connectivity index (χ1) is 19.9. The number of benzene rings is 2. The molecule has 214 valence electrons. The van der Waals surface area contributed by atoms with E-state index in [2.05, 4.69) is 54.9 Å². The smallest absolute Gasteiger partial charge is 0.251 e. The van der Waals surface area contributed by atoms with Crippen molar-refractivity contribution in [2.24, 2.45) is 0 Å². The van der Waals surface area contributed by atoms with Gasteiger partial charge in [0.25, 0.3) is 5.91 Å². The third kappa shape index (κ3) is 7.43. The van der Waals surface area contributed by atoms with Gasteiger partial charge in [-0.2, -0.15) is 0 Å². The van der Waals surface area contributed by atoms with Crippen molar-refractivity contribution < 1.29 is 4.79 Å². The molecule has 4 N–H and O–H groups in total. The first-order valence-electron chi connectivity index (χ1n) is 13.8. The third-order valence-corrected chi connectivity index (χ3v) is 7.38. The van der Waals surface area contributed by atoms with Crippen molar-refractivity contribution in [2.45, 2.75) is 18.5 Å². The van der Waals surface area contributed by atoms with Crippen LogP contribution in [0.25, 0.3) is 22.2 Å². The summed E-state index contributed by atoms with van der Waals surface area (Å²) in [5.41, 5.74) is 4.26. The van der Waals surface area contributed by atoms with Gasteiger partial charge in [-0.05, 0) is 57.9 Å². The van der Waals surface area contributed by atoms with Gasteiger partial charge in [0.2, 0.25) is 5.95 Å². The molecule has 5 rings (SSSR count). The summed E-state index contributed by atoms with van der Waals surface area (Å²) >= 11 is 6.52. The highest BCUT2D eigenvalue weighted by Gasteiger charge is 2.27. The Kier molecular flexibility index (Phi) is 9.18. The Morgan fingerprint density at radius 3 is 2.71 bits per heavy atom. The monoisotopic (exact) mass is 572 g/mol. The second-order valence-electron chi connectivity index (χ2n) is 10.8. The fourth-order valence-electron chi connectivity index (χ4n) is 5.16. The summed E-state index contributed by atoms with van der Waals surface area (Å²) < 4.78 is 0. The van der Waals surface area contributed by atoms with Crippen LogP contribution >= 0.6 is 11.6 Å². The average molecular weight is 573 g/mol. The van der Waals surface area contributed by atoms with Gasteiger partial charge in [-0.15, -0.1) is 0 Å². The van der Waals surface area contributed by atoms with E-state index in [1.165, 1.54) is 0 Å². The minimum atomic E-state index is -0.0779. The second-order valence-corrected chi connectivity index (χ2v) is 11.2. The maximum atomic E-state index is 13.1. The lowest BCUT2D eigenvalue weighted by molar-refractivity contribution is 0.0909. The first-order valence-corrected chi connectivity index (χ1v) is 14.2. The number of amides is 1. The molecule has 0 bridgehead atoms. The van der Waals surface area contributed by atoms with Crippen LogP contribution in [0, 0.1) is 0 Å². The minimum Gasteiger partial charge on any atom is -0.382 e. The van der Waals surface area contributed by atoms with Crippen LogP contribution in [0.1, 0.15) is 16.8 Å². The van der Waals surface area contributed by atoms with Crippen LogP contribution in [0.5, 0.6) is 0 Å². The molecule has 2 aromatic carbocycles. The molecule has 0 unspecified atom stereocenters. The number of carbonyl (C=O) groups excluding carboxylic acids is 1. The number of likely N-dealkylation sites (tertiary alicyclic amines) is 1. The molecule has 1 fully saturated rings. The lowest BCUT2D eigenvalue weighted by Gasteiger charge is -2.36. The van der Waals surface area contributed by atoms with E-state index in [4.69, 9.17) is 16.6 Å². The SMILES string of the molecule is CN(C)C/C=C/CNc1ccc(C(=O)N[C@@H]2C[C@H](Nc3ncc(Cl)c(-c4c[nH]c5ccccc45)n3)CN(C)C2)cc1. The largest absolute Gasteiger partial charge is 0.382 e. The first kappa shape index (κ1) is 28.6. The van der Waals surface area contributed by atoms with Crippen molar-refractivity contribution in [3.8, 4) is 11.3 Å². The highest BCUT2D eigenvalue weighted by molar-refractivity contribution is 6.33. The van der Waals surface area contributed by atoms with E-state index in [0.717, 1.165) is 54.8 Å². The predicted octanol–water partition coefficient (Wildman–Crippen LogP) is 4.72. The number of para-hydroxylation sites is 1. The van der Waals surface area contributed by atoms with Gasteiger partial charge in [-0.25, -0.2) is 9.97 Å². The van der Waals surface area contributed by atoms with Crippen molar-refractivity contribution in [1.82, 2.24) is 30.1 Å². The van der Waals surface area contributed by atoms with Gasteiger partial charge in [0.15, 0.2) is 0 Å². The van der Waals surface area contributed by atoms with Crippen molar-refractivity contribution in [1.29, 1.82) is 0 Å². The zero-order valence-electron chi connectivity index (χ0n) is 23.7. The fraction of sp³-hybridized carbons (Fsp3) is 0.323. The number of H-pyrrole nitrogens is 1. The van der Waals surface area contributed by atoms with E-state index in [1.54, 1.807) is 6.20 Å². The number of fused-ring (bicyclic) bond motifs is 1. The Hall–Kier alpha value is -3.92. The molecule has 9 nitrogen and oxygen atoms in total. The Balaban J connectivity index is 1.19. The van der Waals surface area contributed by atoms with Gasteiger partial charge < -0.3 is 30.7 Å². The van der Waals surface area contributed by atoms with Crippen LogP contribution in [0.3, 0.4) is 0 Å². The summed E-state index contributed by atoms with van der Waals surface area (Å²) in [4.78, 5) is 29.9. The Morgan fingerprint density at radius 1 is 1.12 bits per heavy atom. The maximum absolute atomic E-state index is 13.1. The fourth-order valence-corrected chi connectivity index (χ4v) is 5.35. The molecule has 2 aromatic heterocycles.